The van der Waals surface area contributed by atoms with Gasteiger partial charge in [0.05, 0.1) is 6.61 Å². The zero-order valence-electron chi connectivity index (χ0n) is 18.3. The van der Waals surface area contributed by atoms with E-state index in [0.29, 0.717) is 13.2 Å². The Morgan fingerprint density at radius 3 is 2.38 bits per heavy atom. The molecule has 0 aliphatic rings. The van der Waals surface area contributed by atoms with E-state index in [9.17, 15) is 0 Å². The number of rotatable bonds is 13. The molecule has 2 aromatic rings. The van der Waals surface area contributed by atoms with E-state index in [1.54, 1.807) is 0 Å². The van der Waals surface area contributed by atoms with Crippen molar-refractivity contribution < 1.29 is 9.47 Å². The number of hydrogen-bond acceptors (Lipinski definition) is 4. The lowest BCUT2D eigenvalue weighted by Crippen LogP contribution is -2.27. The standard InChI is InChI=1S/C24H35BrN2O2/c1-5-27(6-2)14-10-13-26-17-21-15-23(28-7-3)24(16-22(21)25)29-18-20-12-9-8-11-19(20)4/h8-9,11-12,15-16,26H,5-7,10,13-14,17-18H2,1-4H3. The Hall–Kier alpha value is -1.56. The minimum absolute atomic E-state index is 0.530. The van der Waals surface area contributed by atoms with Gasteiger partial charge < -0.3 is 19.7 Å². The Labute approximate surface area is 184 Å². The number of ether oxygens (including phenoxy) is 2. The second-order valence-corrected chi connectivity index (χ2v) is 7.95. The molecule has 0 fully saturated rings. The third-order valence-electron chi connectivity index (χ3n) is 5.09. The van der Waals surface area contributed by atoms with Crippen LogP contribution in [0.3, 0.4) is 0 Å². The second kappa shape index (κ2) is 12.9. The van der Waals surface area contributed by atoms with Gasteiger partial charge in [-0.15, -0.1) is 0 Å². The maximum absolute atomic E-state index is 6.11. The third-order valence-corrected chi connectivity index (χ3v) is 5.83. The molecule has 1 N–H and O–H groups in total. The zero-order chi connectivity index (χ0) is 21.1. The van der Waals surface area contributed by atoms with E-state index in [-0.39, 0.29) is 0 Å². The lowest BCUT2D eigenvalue weighted by atomic mass is 10.1. The molecule has 0 spiro atoms. The third kappa shape index (κ3) is 7.65. The number of benzene rings is 2. The van der Waals surface area contributed by atoms with Crippen LogP contribution in [0.1, 0.15) is 43.9 Å². The summed E-state index contributed by atoms with van der Waals surface area (Å²) in [5.41, 5.74) is 3.60. The Morgan fingerprint density at radius 2 is 1.69 bits per heavy atom. The summed E-state index contributed by atoms with van der Waals surface area (Å²) < 4.78 is 13.0. The van der Waals surface area contributed by atoms with Crippen molar-refractivity contribution in [3.05, 3.63) is 57.6 Å². The average Bonchev–Trinajstić information content (AvgIpc) is 2.72. The summed E-state index contributed by atoms with van der Waals surface area (Å²) in [5.74, 6) is 1.57. The van der Waals surface area contributed by atoms with Gasteiger partial charge in [-0.1, -0.05) is 54.0 Å². The van der Waals surface area contributed by atoms with Crippen LogP contribution in [-0.2, 0) is 13.2 Å². The van der Waals surface area contributed by atoms with Gasteiger partial charge in [-0.2, -0.15) is 0 Å². The molecular weight excluding hydrogens is 428 g/mol. The van der Waals surface area contributed by atoms with Gasteiger partial charge in [-0.3, -0.25) is 0 Å². The van der Waals surface area contributed by atoms with Gasteiger partial charge in [0.2, 0.25) is 0 Å². The maximum atomic E-state index is 6.11. The van der Waals surface area contributed by atoms with Crippen LogP contribution in [-0.4, -0.2) is 37.7 Å². The average molecular weight is 463 g/mol. The number of halogens is 1. The van der Waals surface area contributed by atoms with E-state index in [0.717, 1.165) is 55.1 Å². The fourth-order valence-corrected chi connectivity index (χ4v) is 3.67. The van der Waals surface area contributed by atoms with Gasteiger partial charge >= 0.3 is 0 Å². The molecule has 0 bridgehead atoms. The SMILES string of the molecule is CCOc1cc(CNCCCN(CC)CC)c(Br)cc1OCc1ccccc1C. The van der Waals surface area contributed by atoms with Crippen molar-refractivity contribution in [1.29, 1.82) is 0 Å². The van der Waals surface area contributed by atoms with Gasteiger partial charge in [0.15, 0.2) is 11.5 Å². The first kappa shape index (κ1) is 23.7. The van der Waals surface area contributed by atoms with Crippen LogP contribution in [0.2, 0.25) is 0 Å². The first-order valence-corrected chi connectivity index (χ1v) is 11.4. The molecule has 29 heavy (non-hydrogen) atoms. The van der Waals surface area contributed by atoms with E-state index < -0.39 is 0 Å². The fourth-order valence-electron chi connectivity index (χ4n) is 3.21. The van der Waals surface area contributed by atoms with Gasteiger partial charge in [-0.25, -0.2) is 0 Å². The summed E-state index contributed by atoms with van der Waals surface area (Å²) in [7, 11) is 0. The van der Waals surface area contributed by atoms with Crippen molar-refractivity contribution >= 4 is 15.9 Å². The quantitative estimate of drug-likeness (QED) is 0.395. The highest BCUT2D eigenvalue weighted by Gasteiger charge is 2.12. The van der Waals surface area contributed by atoms with Gasteiger partial charge in [0, 0.05) is 11.0 Å². The summed E-state index contributed by atoms with van der Waals surface area (Å²) in [4.78, 5) is 2.45. The van der Waals surface area contributed by atoms with E-state index in [4.69, 9.17) is 9.47 Å². The minimum Gasteiger partial charge on any atom is -0.490 e. The van der Waals surface area contributed by atoms with Crippen LogP contribution in [0.4, 0.5) is 0 Å². The number of hydrogen-bond donors (Lipinski definition) is 1. The molecule has 0 atom stereocenters. The van der Waals surface area contributed by atoms with Gasteiger partial charge in [0.25, 0.3) is 0 Å². The largest absolute Gasteiger partial charge is 0.490 e. The van der Waals surface area contributed by atoms with E-state index >= 15 is 0 Å². The van der Waals surface area contributed by atoms with Crippen molar-refractivity contribution in [2.75, 3.05) is 32.8 Å². The van der Waals surface area contributed by atoms with Crippen LogP contribution in [0.15, 0.2) is 40.9 Å². The number of aryl methyl sites for hydroxylation is 1. The van der Waals surface area contributed by atoms with Crippen LogP contribution < -0.4 is 14.8 Å². The molecule has 0 radical (unpaired) electrons. The lowest BCUT2D eigenvalue weighted by Gasteiger charge is -2.18. The van der Waals surface area contributed by atoms with Gasteiger partial charge in [-0.05, 0) is 75.3 Å². The van der Waals surface area contributed by atoms with E-state index in [2.05, 4.69) is 65.1 Å². The molecular formula is C24H35BrN2O2. The molecule has 0 aromatic heterocycles. The zero-order valence-corrected chi connectivity index (χ0v) is 19.8. The highest BCUT2D eigenvalue weighted by Crippen LogP contribution is 2.34. The Bertz CT molecular complexity index is 748. The molecule has 0 saturated carbocycles. The highest BCUT2D eigenvalue weighted by molar-refractivity contribution is 9.10. The minimum atomic E-state index is 0.530. The molecule has 0 saturated heterocycles. The maximum Gasteiger partial charge on any atom is 0.162 e. The Morgan fingerprint density at radius 1 is 0.966 bits per heavy atom. The molecule has 4 nitrogen and oxygen atoms in total. The molecule has 5 heteroatoms. The molecule has 0 amide bonds. The Balaban J connectivity index is 1.96. The number of nitrogens with zero attached hydrogens (tertiary/aromatic N) is 1. The Kier molecular flexibility index (Phi) is 10.5. The monoisotopic (exact) mass is 462 g/mol. The molecule has 0 aliphatic heterocycles. The molecule has 2 aromatic carbocycles. The van der Waals surface area contributed by atoms with E-state index in [1.807, 2.05) is 25.1 Å². The topological polar surface area (TPSA) is 33.7 Å². The van der Waals surface area contributed by atoms with Crippen molar-refractivity contribution in [3.63, 3.8) is 0 Å². The van der Waals surface area contributed by atoms with Crippen LogP contribution in [0.25, 0.3) is 0 Å². The summed E-state index contributed by atoms with van der Waals surface area (Å²) in [6.07, 6.45) is 1.15. The van der Waals surface area contributed by atoms with Crippen molar-refractivity contribution in [1.82, 2.24) is 10.2 Å². The summed E-state index contributed by atoms with van der Waals surface area (Å²) in [6.45, 7) is 14.8. The first-order chi connectivity index (χ1) is 14.1. The predicted molar refractivity (Wildman–Crippen MR) is 125 cm³/mol. The summed E-state index contributed by atoms with van der Waals surface area (Å²) in [5, 5.41) is 3.55. The van der Waals surface area contributed by atoms with Gasteiger partial charge in [0.1, 0.15) is 6.61 Å². The molecule has 0 unspecified atom stereocenters. The summed E-state index contributed by atoms with van der Waals surface area (Å²) in [6, 6.07) is 12.4. The van der Waals surface area contributed by atoms with Crippen molar-refractivity contribution in [2.45, 2.75) is 47.3 Å². The predicted octanol–water partition coefficient (Wildman–Crippen LogP) is 5.56. The molecule has 2 rings (SSSR count). The lowest BCUT2D eigenvalue weighted by molar-refractivity contribution is 0.268. The highest BCUT2D eigenvalue weighted by atomic mass is 79.9. The van der Waals surface area contributed by atoms with Crippen molar-refractivity contribution in [3.8, 4) is 11.5 Å². The normalized spacial score (nSPS) is 11.1. The van der Waals surface area contributed by atoms with Crippen molar-refractivity contribution in [2.24, 2.45) is 0 Å². The molecule has 0 heterocycles. The summed E-state index contributed by atoms with van der Waals surface area (Å²) >= 11 is 3.70. The van der Waals surface area contributed by atoms with Crippen LogP contribution in [0, 0.1) is 6.92 Å². The molecule has 160 valence electrons. The van der Waals surface area contributed by atoms with E-state index in [1.165, 1.54) is 16.7 Å². The van der Waals surface area contributed by atoms with Crippen LogP contribution in [0.5, 0.6) is 11.5 Å². The molecule has 0 aliphatic carbocycles. The first-order valence-electron chi connectivity index (χ1n) is 10.6. The second-order valence-electron chi connectivity index (χ2n) is 7.10. The number of nitrogens with one attached hydrogen (secondary N) is 1. The van der Waals surface area contributed by atoms with Crippen LogP contribution >= 0.6 is 15.9 Å². The smallest absolute Gasteiger partial charge is 0.162 e. The fraction of sp³-hybridized carbons (Fsp3) is 0.500.